The molecule has 2 aromatic carbocycles. The quantitative estimate of drug-likeness (QED) is 0.685. The van der Waals surface area contributed by atoms with E-state index in [2.05, 4.69) is 0 Å². The van der Waals surface area contributed by atoms with E-state index in [4.69, 9.17) is 22.1 Å². The maximum Gasteiger partial charge on any atom is 0.222 e. The van der Waals surface area contributed by atoms with Crippen LogP contribution in [0.2, 0.25) is 5.02 Å². The van der Waals surface area contributed by atoms with Gasteiger partial charge in [-0.15, -0.1) is 0 Å². The number of halogens is 2. The largest absolute Gasteiger partial charge is 0.493 e. The zero-order valence-electron chi connectivity index (χ0n) is 16.8. The first-order valence-electron chi connectivity index (χ1n) is 10.0. The maximum absolute atomic E-state index is 13.0. The molecule has 160 valence electrons. The molecule has 0 atom stereocenters. The number of primary amides is 1. The first kappa shape index (κ1) is 22.1. The van der Waals surface area contributed by atoms with E-state index < -0.39 is 0 Å². The molecular formula is C23H26ClFN2O3. The van der Waals surface area contributed by atoms with E-state index in [0.29, 0.717) is 56.2 Å². The standard InChI is InChI=1S/C23H26ClFN2O3/c24-18-4-8-20(9-5-18)30-16-23(15-21(26)28)11-13-27(14-12-23)22(29)10-3-17-1-6-19(25)7-2-17/h1-2,4-9H,3,10-16H2,(H2,26,28). The summed E-state index contributed by atoms with van der Waals surface area (Å²) in [5, 5.41) is 0.627. The van der Waals surface area contributed by atoms with Crippen LogP contribution in [0.4, 0.5) is 4.39 Å². The van der Waals surface area contributed by atoms with Crippen molar-refractivity contribution in [2.75, 3.05) is 19.7 Å². The number of nitrogens with two attached hydrogens (primary N) is 1. The number of nitrogens with zero attached hydrogens (tertiary/aromatic N) is 1. The normalized spacial score (nSPS) is 15.6. The Morgan fingerprint density at radius 3 is 2.30 bits per heavy atom. The molecule has 1 aliphatic rings. The first-order chi connectivity index (χ1) is 14.3. The zero-order valence-corrected chi connectivity index (χ0v) is 17.5. The van der Waals surface area contributed by atoms with Crippen LogP contribution >= 0.6 is 11.6 Å². The number of aryl methyl sites for hydroxylation is 1. The number of ether oxygens (including phenoxy) is 1. The first-order valence-corrected chi connectivity index (χ1v) is 10.4. The smallest absolute Gasteiger partial charge is 0.222 e. The van der Waals surface area contributed by atoms with Gasteiger partial charge in [-0.2, -0.15) is 0 Å². The summed E-state index contributed by atoms with van der Waals surface area (Å²) < 4.78 is 18.9. The second kappa shape index (κ2) is 9.94. The fourth-order valence-electron chi connectivity index (χ4n) is 3.80. The van der Waals surface area contributed by atoms with Crippen molar-refractivity contribution in [3.8, 4) is 5.75 Å². The van der Waals surface area contributed by atoms with E-state index in [0.717, 1.165) is 5.56 Å². The lowest BCUT2D eigenvalue weighted by Crippen LogP contribution is -2.47. The number of benzene rings is 2. The Bertz CT molecular complexity index is 863. The van der Waals surface area contributed by atoms with Gasteiger partial charge in [-0.1, -0.05) is 23.7 Å². The maximum atomic E-state index is 13.0. The number of likely N-dealkylation sites (tertiary alicyclic amines) is 1. The van der Waals surface area contributed by atoms with Crippen molar-refractivity contribution in [2.45, 2.75) is 32.1 Å². The van der Waals surface area contributed by atoms with Crippen LogP contribution in [0.5, 0.6) is 5.75 Å². The molecule has 0 aliphatic carbocycles. The zero-order chi connectivity index (χ0) is 21.6. The van der Waals surface area contributed by atoms with Crippen LogP contribution in [0.1, 0.15) is 31.2 Å². The molecule has 2 N–H and O–H groups in total. The lowest BCUT2D eigenvalue weighted by atomic mass is 9.76. The predicted octanol–water partition coefficient (Wildman–Crippen LogP) is 3.97. The Morgan fingerprint density at radius 1 is 1.07 bits per heavy atom. The van der Waals surface area contributed by atoms with Crippen LogP contribution in [0.25, 0.3) is 0 Å². The summed E-state index contributed by atoms with van der Waals surface area (Å²) in [7, 11) is 0. The Morgan fingerprint density at radius 2 is 1.70 bits per heavy atom. The second-order valence-corrected chi connectivity index (χ2v) is 8.33. The molecule has 2 amide bonds. The molecule has 2 aromatic rings. The molecule has 0 radical (unpaired) electrons. The number of rotatable bonds is 8. The summed E-state index contributed by atoms with van der Waals surface area (Å²) in [6, 6.07) is 13.3. The Kier molecular flexibility index (Phi) is 7.32. The highest BCUT2D eigenvalue weighted by atomic mass is 35.5. The van der Waals surface area contributed by atoms with Gasteiger partial charge in [-0.3, -0.25) is 9.59 Å². The summed E-state index contributed by atoms with van der Waals surface area (Å²) in [6.07, 6.45) is 2.45. The van der Waals surface area contributed by atoms with E-state index in [-0.39, 0.29) is 29.5 Å². The number of amides is 2. The third-order valence-electron chi connectivity index (χ3n) is 5.63. The minimum Gasteiger partial charge on any atom is -0.493 e. The topological polar surface area (TPSA) is 72.6 Å². The molecule has 1 fully saturated rings. The summed E-state index contributed by atoms with van der Waals surface area (Å²) in [6.45, 7) is 1.47. The van der Waals surface area contributed by atoms with Gasteiger partial charge in [-0.25, -0.2) is 4.39 Å². The SMILES string of the molecule is NC(=O)CC1(COc2ccc(Cl)cc2)CCN(C(=O)CCc2ccc(F)cc2)CC1. The van der Waals surface area contributed by atoms with Crippen LogP contribution in [-0.2, 0) is 16.0 Å². The van der Waals surface area contributed by atoms with E-state index >= 15 is 0 Å². The summed E-state index contributed by atoms with van der Waals surface area (Å²) in [5.74, 6) is 0.0881. The van der Waals surface area contributed by atoms with Crippen molar-refractivity contribution in [1.29, 1.82) is 0 Å². The number of hydrogen-bond acceptors (Lipinski definition) is 3. The third kappa shape index (κ3) is 6.20. The van der Waals surface area contributed by atoms with E-state index in [1.165, 1.54) is 12.1 Å². The van der Waals surface area contributed by atoms with Crippen molar-refractivity contribution >= 4 is 23.4 Å². The molecule has 0 spiro atoms. The molecule has 3 rings (SSSR count). The number of piperidine rings is 1. The van der Waals surface area contributed by atoms with Crippen LogP contribution in [-0.4, -0.2) is 36.4 Å². The predicted molar refractivity (Wildman–Crippen MR) is 114 cm³/mol. The van der Waals surface area contributed by atoms with Crippen molar-refractivity contribution < 1.29 is 18.7 Å². The monoisotopic (exact) mass is 432 g/mol. The Hall–Kier alpha value is -2.60. The van der Waals surface area contributed by atoms with Crippen molar-refractivity contribution in [2.24, 2.45) is 11.1 Å². The minimum absolute atomic E-state index is 0.0608. The number of carbonyl (C=O) groups is 2. The summed E-state index contributed by atoms with van der Waals surface area (Å²) in [4.78, 5) is 26.1. The van der Waals surface area contributed by atoms with Crippen LogP contribution in [0, 0.1) is 11.2 Å². The van der Waals surface area contributed by atoms with Gasteiger partial charge in [0.2, 0.25) is 11.8 Å². The molecular weight excluding hydrogens is 407 g/mol. The fourth-order valence-corrected chi connectivity index (χ4v) is 3.93. The van der Waals surface area contributed by atoms with Crippen LogP contribution in [0.3, 0.4) is 0 Å². The highest BCUT2D eigenvalue weighted by Crippen LogP contribution is 2.36. The second-order valence-electron chi connectivity index (χ2n) is 7.89. The van der Waals surface area contributed by atoms with Gasteiger partial charge in [0.1, 0.15) is 11.6 Å². The summed E-state index contributed by atoms with van der Waals surface area (Å²) in [5.41, 5.74) is 6.04. The van der Waals surface area contributed by atoms with E-state index in [9.17, 15) is 14.0 Å². The highest BCUT2D eigenvalue weighted by Gasteiger charge is 2.38. The lowest BCUT2D eigenvalue weighted by molar-refractivity contribution is -0.134. The van der Waals surface area contributed by atoms with E-state index in [1.807, 2.05) is 4.90 Å². The number of hydrogen-bond donors (Lipinski definition) is 1. The van der Waals surface area contributed by atoms with E-state index in [1.54, 1.807) is 36.4 Å². The van der Waals surface area contributed by atoms with Gasteiger partial charge in [0.05, 0.1) is 6.61 Å². The molecule has 0 aromatic heterocycles. The molecule has 1 heterocycles. The van der Waals surface area contributed by atoms with Crippen molar-refractivity contribution in [3.05, 3.63) is 64.9 Å². The molecule has 0 unspecified atom stereocenters. The van der Waals surface area contributed by atoms with Gasteiger partial charge in [-0.05, 0) is 61.2 Å². The van der Waals surface area contributed by atoms with Crippen LogP contribution in [0.15, 0.2) is 48.5 Å². The van der Waals surface area contributed by atoms with Gasteiger partial charge in [0.15, 0.2) is 0 Å². The molecule has 0 saturated carbocycles. The summed E-state index contributed by atoms with van der Waals surface area (Å²) >= 11 is 5.90. The van der Waals surface area contributed by atoms with Crippen molar-refractivity contribution in [1.82, 2.24) is 4.90 Å². The molecule has 0 bridgehead atoms. The van der Waals surface area contributed by atoms with Gasteiger partial charge < -0.3 is 15.4 Å². The van der Waals surface area contributed by atoms with Gasteiger partial charge >= 0.3 is 0 Å². The fraction of sp³-hybridized carbons (Fsp3) is 0.391. The average Bonchev–Trinajstić information content (AvgIpc) is 2.73. The number of carbonyl (C=O) groups excluding carboxylic acids is 2. The minimum atomic E-state index is -0.390. The highest BCUT2D eigenvalue weighted by molar-refractivity contribution is 6.30. The molecule has 30 heavy (non-hydrogen) atoms. The van der Waals surface area contributed by atoms with Crippen molar-refractivity contribution in [3.63, 3.8) is 0 Å². The molecule has 1 saturated heterocycles. The Labute approximate surface area is 181 Å². The van der Waals surface area contributed by atoms with Crippen LogP contribution < -0.4 is 10.5 Å². The Balaban J connectivity index is 1.54. The lowest BCUT2D eigenvalue weighted by Gasteiger charge is -2.41. The third-order valence-corrected chi connectivity index (χ3v) is 5.88. The molecule has 1 aliphatic heterocycles. The molecule has 7 heteroatoms. The molecule has 5 nitrogen and oxygen atoms in total. The van der Waals surface area contributed by atoms with Gasteiger partial charge in [0.25, 0.3) is 0 Å². The average molecular weight is 433 g/mol. The van der Waals surface area contributed by atoms with Gasteiger partial charge in [0, 0.05) is 36.4 Å².